The number of anilines is 1. The van der Waals surface area contributed by atoms with Gasteiger partial charge in [-0.15, -0.1) is 12.4 Å². The molecule has 0 heterocycles. The third-order valence-corrected chi connectivity index (χ3v) is 2.61. The molecule has 0 aromatic heterocycles. The Balaban J connectivity index is 0.00000361. The first-order chi connectivity index (χ1) is 9.01. The van der Waals surface area contributed by atoms with Crippen LogP contribution >= 0.6 is 12.4 Å². The number of ether oxygens (including phenoxy) is 1. The highest BCUT2D eigenvalue weighted by molar-refractivity contribution is 6.04. The average Bonchev–Trinajstić information content (AvgIpc) is 2.39. The minimum Gasteiger partial charge on any atom is -0.370 e. The zero-order chi connectivity index (χ0) is 14.4. The fourth-order valence-corrected chi connectivity index (χ4v) is 1.54. The van der Waals surface area contributed by atoms with E-state index >= 15 is 0 Å². The number of hydrogen-bond acceptors (Lipinski definition) is 4. The van der Waals surface area contributed by atoms with Gasteiger partial charge in [-0.05, 0) is 12.1 Å². The third-order valence-electron chi connectivity index (χ3n) is 2.61. The summed E-state index contributed by atoms with van der Waals surface area (Å²) >= 11 is 0. The smallest absolute Gasteiger partial charge is 0.255 e. The molecule has 3 N–H and O–H groups in total. The van der Waals surface area contributed by atoms with Crippen LogP contribution in [-0.4, -0.2) is 50.6 Å². The Morgan fingerprint density at radius 3 is 2.45 bits per heavy atom. The molecule has 0 bridgehead atoms. The lowest BCUT2D eigenvalue weighted by molar-refractivity contribution is -0.125. The van der Waals surface area contributed by atoms with Gasteiger partial charge in [-0.3, -0.25) is 9.59 Å². The lowest BCUT2D eigenvalue weighted by atomic mass is 10.1. The zero-order valence-corrected chi connectivity index (χ0v) is 12.6. The van der Waals surface area contributed by atoms with Gasteiger partial charge in [-0.25, -0.2) is 0 Å². The molecule has 1 rings (SSSR count). The summed E-state index contributed by atoms with van der Waals surface area (Å²) < 4.78 is 4.95. The molecule has 0 aliphatic heterocycles. The number of nitrogens with one attached hydrogen (secondary N) is 1. The van der Waals surface area contributed by atoms with Gasteiger partial charge in [0.2, 0.25) is 0 Å². The van der Waals surface area contributed by atoms with Crippen LogP contribution in [0.4, 0.5) is 5.69 Å². The maximum absolute atomic E-state index is 12.0. The van der Waals surface area contributed by atoms with Gasteiger partial charge < -0.3 is 20.7 Å². The minimum atomic E-state index is -0.734. The highest BCUT2D eigenvalue weighted by Gasteiger charge is 2.19. The Labute approximate surface area is 124 Å². The van der Waals surface area contributed by atoms with Crippen molar-refractivity contribution < 1.29 is 14.3 Å². The van der Waals surface area contributed by atoms with E-state index in [2.05, 4.69) is 5.32 Å². The number of hydrogen-bond donors (Lipinski definition) is 2. The quantitative estimate of drug-likeness (QED) is 0.839. The van der Waals surface area contributed by atoms with Gasteiger partial charge in [0.05, 0.1) is 11.3 Å². The second kappa shape index (κ2) is 8.52. The van der Waals surface area contributed by atoms with Crippen molar-refractivity contribution in [2.24, 2.45) is 5.73 Å². The van der Waals surface area contributed by atoms with E-state index in [9.17, 15) is 9.59 Å². The van der Waals surface area contributed by atoms with Crippen molar-refractivity contribution in [3.63, 3.8) is 0 Å². The predicted molar refractivity (Wildman–Crippen MR) is 80.2 cm³/mol. The molecule has 1 unspecified atom stereocenters. The lowest BCUT2D eigenvalue weighted by Crippen LogP contribution is -2.36. The molecule has 0 saturated carbocycles. The van der Waals surface area contributed by atoms with E-state index in [4.69, 9.17) is 10.5 Å². The van der Waals surface area contributed by atoms with E-state index in [1.165, 1.54) is 12.0 Å². The number of rotatable bonds is 5. The van der Waals surface area contributed by atoms with Gasteiger partial charge in [0, 0.05) is 27.7 Å². The van der Waals surface area contributed by atoms with Gasteiger partial charge in [0.25, 0.3) is 11.8 Å². The van der Waals surface area contributed by atoms with Crippen LogP contribution in [0.2, 0.25) is 0 Å². The summed E-state index contributed by atoms with van der Waals surface area (Å²) in [5.74, 6) is -0.554. The van der Waals surface area contributed by atoms with Crippen molar-refractivity contribution in [3.8, 4) is 0 Å². The monoisotopic (exact) mass is 301 g/mol. The van der Waals surface area contributed by atoms with Gasteiger partial charge >= 0.3 is 0 Å². The van der Waals surface area contributed by atoms with E-state index in [0.29, 0.717) is 11.3 Å². The van der Waals surface area contributed by atoms with Crippen LogP contribution in [0.25, 0.3) is 0 Å². The molecule has 2 amide bonds. The van der Waals surface area contributed by atoms with Crippen molar-refractivity contribution >= 4 is 29.9 Å². The van der Waals surface area contributed by atoms with Gasteiger partial charge in [0.15, 0.2) is 0 Å². The molecule has 20 heavy (non-hydrogen) atoms. The van der Waals surface area contributed by atoms with Crippen molar-refractivity contribution in [2.75, 3.05) is 33.1 Å². The maximum atomic E-state index is 12.0. The number of nitrogens with two attached hydrogens (primary N) is 1. The number of methoxy groups -OCH3 is 1. The van der Waals surface area contributed by atoms with Crippen LogP contribution in [0.3, 0.4) is 0 Å². The molecule has 1 aromatic rings. The van der Waals surface area contributed by atoms with E-state index in [0.717, 1.165) is 0 Å². The number of para-hydroxylation sites is 1. The van der Waals surface area contributed by atoms with Gasteiger partial charge in [0.1, 0.15) is 6.10 Å². The Morgan fingerprint density at radius 2 is 1.95 bits per heavy atom. The summed E-state index contributed by atoms with van der Waals surface area (Å²) in [7, 11) is 4.71. The normalized spacial score (nSPS) is 11.2. The van der Waals surface area contributed by atoms with Gasteiger partial charge in [-0.1, -0.05) is 12.1 Å². The molecule has 1 aromatic carbocycles. The van der Waals surface area contributed by atoms with Crippen LogP contribution in [-0.2, 0) is 9.53 Å². The fourth-order valence-electron chi connectivity index (χ4n) is 1.54. The van der Waals surface area contributed by atoms with Crippen molar-refractivity contribution in [3.05, 3.63) is 29.8 Å². The van der Waals surface area contributed by atoms with Crippen LogP contribution in [0.1, 0.15) is 10.4 Å². The number of carbonyl (C=O) groups excluding carboxylic acids is 2. The Kier molecular flexibility index (Phi) is 7.83. The minimum absolute atomic E-state index is 0. The Morgan fingerprint density at radius 1 is 1.35 bits per heavy atom. The topological polar surface area (TPSA) is 84.7 Å². The van der Waals surface area contributed by atoms with Crippen molar-refractivity contribution in [1.29, 1.82) is 0 Å². The van der Waals surface area contributed by atoms with Crippen LogP contribution < -0.4 is 11.1 Å². The third kappa shape index (κ3) is 4.48. The largest absolute Gasteiger partial charge is 0.370 e. The number of carbonyl (C=O) groups is 2. The SMILES string of the molecule is COC(CN)C(=O)Nc1ccccc1C(=O)N(C)C.Cl. The number of halogens is 1. The maximum Gasteiger partial charge on any atom is 0.255 e. The first-order valence-corrected chi connectivity index (χ1v) is 5.85. The number of nitrogens with zero attached hydrogens (tertiary/aromatic N) is 1. The molecule has 7 heteroatoms. The van der Waals surface area contributed by atoms with Crippen LogP contribution in [0.5, 0.6) is 0 Å². The summed E-state index contributed by atoms with van der Waals surface area (Å²) in [6.45, 7) is 0.0755. The van der Waals surface area contributed by atoms with Crippen LogP contribution in [0.15, 0.2) is 24.3 Å². The molecule has 0 aliphatic carbocycles. The van der Waals surface area contributed by atoms with Crippen LogP contribution in [0, 0.1) is 0 Å². The highest BCUT2D eigenvalue weighted by Crippen LogP contribution is 2.16. The Hall–Kier alpha value is -1.63. The molecule has 0 aliphatic rings. The fraction of sp³-hybridized carbons (Fsp3) is 0.385. The molecule has 1 atom stereocenters. The van der Waals surface area contributed by atoms with Gasteiger partial charge in [-0.2, -0.15) is 0 Å². The van der Waals surface area contributed by atoms with Crippen molar-refractivity contribution in [2.45, 2.75) is 6.10 Å². The molecule has 0 saturated heterocycles. The second-order valence-electron chi connectivity index (χ2n) is 4.19. The average molecular weight is 302 g/mol. The van der Waals surface area contributed by atoms with E-state index in [-0.39, 0.29) is 30.8 Å². The van der Waals surface area contributed by atoms with Crippen molar-refractivity contribution in [1.82, 2.24) is 4.90 Å². The predicted octanol–water partition coefficient (Wildman–Crippen LogP) is 0.722. The lowest BCUT2D eigenvalue weighted by Gasteiger charge is -2.17. The number of amides is 2. The summed E-state index contributed by atoms with van der Waals surface area (Å²) in [4.78, 5) is 25.3. The first kappa shape index (κ1) is 18.4. The first-order valence-electron chi connectivity index (χ1n) is 5.85. The summed E-state index contributed by atoms with van der Waals surface area (Å²) in [6.07, 6.45) is -0.734. The van der Waals surface area contributed by atoms with E-state index in [1.54, 1.807) is 38.4 Å². The molecule has 112 valence electrons. The molecule has 0 fully saturated rings. The summed E-state index contributed by atoms with van der Waals surface area (Å²) in [5.41, 5.74) is 6.29. The number of benzene rings is 1. The molecule has 6 nitrogen and oxygen atoms in total. The second-order valence-corrected chi connectivity index (χ2v) is 4.19. The Bertz CT molecular complexity index is 462. The zero-order valence-electron chi connectivity index (χ0n) is 11.8. The van der Waals surface area contributed by atoms with E-state index < -0.39 is 6.10 Å². The standard InChI is InChI=1S/C13H19N3O3.ClH/c1-16(2)13(18)9-6-4-5-7-10(9)15-12(17)11(8-14)19-3;/h4-7,11H,8,14H2,1-3H3,(H,15,17);1H. The molecule has 0 spiro atoms. The van der Waals surface area contributed by atoms with E-state index in [1.807, 2.05) is 0 Å². The molecular formula is C13H20ClN3O3. The molecular weight excluding hydrogens is 282 g/mol. The summed E-state index contributed by atoms with van der Waals surface area (Å²) in [5, 5.41) is 2.66. The highest BCUT2D eigenvalue weighted by atomic mass is 35.5. The summed E-state index contributed by atoms with van der Waals surface area (Å²) in [6, 6.07) is 6.80. The molecule has 0 radical (unpaired) electrons.